The van der Waals surface area contributed by atoms with Crippen LogP contribution in [-0.2, 0) is 23.1 Å². The van der Waals surface area contributed by atoms with Crippen molar-refractivity contribution < 1.29 is 19.4 Å². The SMILES string of the molecule is COc1nn(C)c2nc(C)c(CCC(=O)NCCCC(=O)O)c(C)c12. The van der Waals surface area contributed by atoms with Crippen molar-refractivity contribution in [1.82, 2.24) is 20.1 Å². The number of carboxylic acids is 1. The van der Waals surface area contributed by atoms with Crippen molar-refractivity contribution in [3.63, 3.8) is 0 Å². The van der Waals surface area contributed by atoms with Crippen LogP contribution in [0.25, 0.3) is 11.0 Å². The Balaban J connectivity index is 2.08. The fourth-order valence-electron chi connectivity index (χ4n) is 2.90. The maximum Gasteiger partial charge on any atom is 0.303 e. The number of aryl methyl sites for hydroxylation is 3. The van der Waals surface area contributed by atoms with Crippen LogP contribution in [0.2, 0.25) is 0 Å². The molecule has 2 aromatic rings. The molecule has 8 heteroatoms. The number of fused-ring (bicyclic) bond motifs is 1. The maximum atomic E-state index is 12.0. The molecule has 2 heterocycles. The number of rotatable bonds is 8. The molecule has 0 saturated carbocycles. The molecule has 0 atom stereocenters. The first-order valence-corrected chi connectivity index (χ1v) is 8.20. The van der Waals surface area contributed by atoms with Gasteiger partial charge in [0.1, 0.15) is 0 Å². The van der Waals surface area contributed by atoms with Gasteiger partial charge in [-0.1, -0.05) is 0 Å². The third-order valence-electron chi connectivity index (χ3n) is 4.21. The number of nitrogens with one attached hydrogen (secondary N) is 1. The summed E-state index contributed by atoms with van der Waals surface area (Å²) in [5.41, 5.74) is 3.66. The quantitative estimate of drug-likeness (QED) is 0.700. The normalized spacial score (nSPS) is 10.9. The minimum atomic E-state index is -0.856. The Morgan fingerprint density at radius 3 is 2.64 bits per heavy atom. The monoisotopic (exact) mass is 348 g/mol. The molecule has 0 fully saturated rings. The third-order valence-corrected chi connectivity index (χ3v) is 4.21. The molecule has 0 aliphatic heterocycles. The van der Waals surface area contributed by atoms with Crippen LogP contribution < -0.4 is 10.1 Å². The summed E-state index contributed by atoms with van der Waals surface area (Å²) in [5, 5.41) is 16.5. The Bertz CT molecular complexity index is 798. The van der Waals surface area contributed by atoms with Crippen LogP contribution in [0.3, 0.4) is 0 Å². The highest BCUT2D eigenvalue weighted by atomic mass is 16.5. The van der Waals surface area contributed by atoms with E-state index in [0.29, 0.717) is 31.7 Å². The van der Waals surface area contributed by atoms with E-state index in [1.54, 1.807) is 11.8 Å². The van der Waals surface area contributed by atoms with Gasteiger partial charge in [-0.3, -0.25) is 9.59 Å². The maximum absolute atomic E-state index is 12.0. The van der Waals surface area contributed by atoms with Crippen LogP contribution in [0.4, 0.5) is 0 Å². The standard InChI is InChI=1S/C17H24N4O4/c1-10-12(7-8-13(22)18-9-5-6-14(23)24)11(2)19-16-15(10)17(25-4)20-21(16)3/h5-9H2,1-4H3,(H,18,22)(H,23,24). The van der Waals surface area contributed by atoms with Gasteiger partial charge in [0.25, 0.3) is 0 Å². The first-order valence-electron chi connectivity index (χ1n) is 8.20. The molecule has 0 aromatic carbocycles. The fourth-order valence-corrected chi connectivity index (χ4v) is 2.90. The van der Waals surface area contributed by atoms with E-state index >= 15 is 0 Å². The summed E-state index contributed by atoms with van der Waals surface area (Å²) in [6.07, 6.45) is 1.37. The number of carbonyl (C=O) groups is 2. The molecule has 25 heavy (non-hydrogen) atoms. The van der Waals surface area contributed by atoms with Crippen LogP contribution in [0, 0.1) is 13.8 Å². The number of hydrogen-bond donors (Lipinski definition) is 2. The van der Waals surface area contributed by atoms with Crippen LogP contribution >= 0.6 is 0 Å². The van der Waals surface area contributed by atoms with E-state index in [0.717, 1.165) is 27.9 Å². The number of hydrogen-bond acceptors (Lipinski definition) is 5. The number of ether oxygens (including phenoxy) is 1. The summed E-state index contributed by atoms with van der Waals surface area (Å²) < 4.78 is 7.02. The Morgan fingerprint density at radius 1 is 1.28 bits per heavy atom. The fraction of sp³-hybridized carbons (Fsp3) is 0.529. The zero-order chi connectivity index (χ0) is 18.6. The van der Waals surface area contributed by atoms with Gasteiger partial charge in [-0.2, -0.15) is 0 Å². The van der Waals surface area contributed by atoms with Crippen LogP contribution in [0.15, 0.2) is 0 Å². The zero-order valence-corrected chi connectivity index (χ0v) is 15.0. The van der Waals surface area contributed by atoms with Crippen molar-refractivity contribution in [2.45, 2.75) is 39.5 Å². The van der Waals surface area contributed by atoms with E-state index in [9.17, 15) is 9.59 Å². The number of aromatic nitrogens is 3. The van der Waals surface area contributed by atoms with Crippen LogP contribution in [0.5, 0.6) is 5.88 Å². The summed E-state index contributed by atoms with van der Waals surface area (Å²) >= 11 is 0. The number of methoxy groups -OCH3 is 1. The van der Waals surface area contributed by atoms with Crippen LogP contribution in [0.1, 0.15) is 36.1 Å². The smallest absolute Gasteiger partial charge is 0.303 e. The van der Waals surface area contributed by atoms with Gasteiger partial charge in [-0.25, -0.2) is 9.67 Å². The summed E-state index contributed by atoms with van der Waals surface area (Å²) in [6.45, 7) is 4.28. The number of pyridine rings is 1. The molecule has 0 aliphatic rings. The molecular weight excluding hydrogens is 324 g/mol. The van der Waals surface area contributed by atoms with E-state index in [2.05, 4.69) is 15.4 Å². The number of carboxylic acid groups (broad SMARTS) is 1. The number of nitrogens with zero attached hydrogens (tertiary/aromatic N) is 3. The Labute approximate surface area is 146 Å². The third kappa shape index (κ3) is 4.26. The summed E-state index contributed by atoms with van der Waals surface area (Å²) in [5.74, 6) is -0.422. The molecular formula is C17H24N4O4. The minimum Gasteiger partial charge on any atom is -0.481 e. The molecule has 136 valence electrons. The molecule has 8 nitrogen and oxygen atoms in total. The van der Waals surface area contributed by atoms with Crippen molar-refractivity contribution in [1.29, 1.82) is 0 Å². The lowest BCUT2D eigenvalue weighted by atomic mass is 10.00. The van der Waals surface area contributed by atoms with Gasteiger partial charge in [0, 0.05) is 32.1 Å². The largest absolute Gasteiger partial charge is 0.481 e. The summed E-state index contributed by atoms with van der Waals surface area (Å²) in [6, 6.07) is 0. The van der Waals surface area contributed by atoms with Gasteiger partial charge in [0.2, 0.25) is 11.8 Å². The first kappa shape index (κ1) is 18.7. The molecule has 1 amide bonds. The molecule has 2 rings (SSSR count). The van der Waals surface area contributed by atoms with Gasteiger partial charge in [-0.05, 0) is 37.8 Å². The van der Waals surface area contributed by atoms with Gasteiger partial charge < -0.3 is 15.2 Å². The predicted octanol–water partition coefficient (Wildman–Crippen LogP) is 1.51. The van der Waals surface area contributed by atoms with Gasteiger partial charge in [0.15, 0.2) is 5.65 Å². The van der Waals surface area contributed by atoms with Gasteiger partial charge in [0.05, 0.1) is 12.5 Å². The molecule has 2 N–H and O–H groups in total. The second-order valence-corrected chi connectivity index (χ2v) is 5.98. The molecule has 0 saturated heterocycles. The van der Waals surface area contributed by atoms with E-state index in [1.165, 1.54) is 0 Å². The molecule has 0 radical (unpaired) electrons. The lowest BCUT2D eigenvalue weighted by Gasteiger charge is -2.11. The van der Waals surface area contributed by atoms with Crippen molar-refractivity contribution in [3.8, 4) is 5.88 Å². The summed E-state index contributed by atoms with van der Waals surface area (Å²) in [4.78, 5) is 27.0. The number of amides is 1. The van der Waals surface area contributed by atoms with Gasteiger partial charge in [-0.15, -0.1) is 5.10 Å². The Hall–Kier alpha value is -2.64. The molecule has 2 aromatic heterocycles. The number of carbonyl (C=O) groups excluding carboxylic acids is 1. The highest BCUT2D eigenvalue weighted by Gasteiger charge is 2.18. The lowest BCUT2D eigenvalue weighted by Crippen LogP contribution is -2.25. The second-order valence-electron chi connectivity index (χ2n) is 5.98. The minimum absolute atomic E-state index is 0.0554. The molecule has 0 unspecified atom stereocenters. The van der Waals surface area contributed by atoms with Crippen molar-refractivity contribution in [3.05, 3.63) is 16.8 Å². The Morgan fingerprint density at radius 2 is 2.00 bits per heavy atom. The molecule has 0 spiro atoms. The summed E-state index contributed by atoms with van der Waals surface area (Å²) in [7, 11) is 3.40. The predicted molar refractivity (Wildman–Crippen MR) is 92.7 cm³/mol. The van der Waals surface area contributed by atoms with Crippen molar-refractivity contribution >= 4 is 22.9 Å². The number of aliphatic carboxylic acids is 1. The topological polar surface area (TPSA) is 106 Å². The highest BCUT2D eigenvalue weighted by Crippen LogP contribution is 2.30. The van der Waals surface area contributed by atoms with E-state index in [-0.39, 0.29) is 12.3 Å². The van der Waals surface area contributed by atoms with E-state index in [1.807, 2.05) is 20.9 Å². The average molecular weight is 348 g/mol. The molecule has 0 aliphatic carbocycles. The van der Waals surface area contributed by atoms with E-state index < -0.39 is 5.97 Å². The Kier molecular flexibility index (Phi) is 5.95. The van der Waals surface area contributed by atoms with Crippen molar-refractivity contribution in [2.75, 3.05) is 13.7 Å². The zero-order valence-electron chi connectivity index (χ0n) is 15.0. The lowest BCUT2D eigenvalue weighted by molar-refractivity contribution is -0.137. The highest BCUT2D eigenvalue weighted by molar-refractivity contribution is 5.86. The second kappa shape index (κ2) is 7.96. The molecule has 0 bridgehead atoms. The van der Waals surface area contributed by atoms with E-state index in [4.69, 9.17) is 9.84 Å². The van der Waals surface area contributed by atoms with Crippen LogP contribution in [-0.4, -0.2) is 45.4 Å². The first-order chi connectivity index (χ1) is 11.8. The average Bonchev–Trinajstić information content (AvgIpc) is 2.87. The van der Waals surface area contributed by atoms with Gasteiger partial charge >= 0.3 is 5.97 Å². The van der Waals surface area contributed by atoms with Crippen molar-refractivity contribution in [2.24, 2.45) is 7.05 Å².